The summed E-state index contributed by atoms with van der Waals surface area (Å²) in [5.74, 6) is 1.02. The largest absolute Gasteiger partial charge is 0.484 e. The summed E-state index contributed by atoms with van der Waals surface area (Å²) < 4.78 is 7.14. The summed E-state index contributed by atoms with van der Waals surface area (Å²) in [6.07, 6.45) is 0. The standard InChI is InChI=1S/C20H18N6O2S2/c1-12-8-9-14(18-25-26-13(2)23-24-20(26)30-18)10-16(12)21-19(29)22-17(27)11-28-15-6-4-3-5-7-15/h3-10H,11H2,1-2H3,(H2,21,22,27,29). The van der Waals surface area contributed by atoms with Crippen molar-refractivity contribution in [2.45, 2.75) is 13.8 Å². The Kier molecular flexibility index (Phi) is 5.68. The Labute approximate surface area is 181 Å². The number of amides is 1. The Morgan fingerprint density at radius 2 is 1.97 bits per heavy atom. The number of thiocarbonyl (C=S) groups is 1. The van der Waals surface area contributed by atoms with Crippen molar-refractivity contribution in [2.24, 2.45) is 0 Å². The van der Waals surface area contributed by atoms with Crippen LogP contribution in [0.1, 0.15) is 11.4 Å². The molecule has 2 N–H and O–H groups in total. The SMILES string of the molecule is Cc1ccc(-c2nn3c(C)nnc3s2)cc1NC(=S)NC(=O)COc1ccccc1. The molecule has 152 valence electrons. The van der Waals surface area contributed by atoms with Gasteiger partial charge in [-0.05, 0) is 49.8 Å². The van der Waals surface area contributed by atoms with Crippen molar-refractivity contribution in [2.75, 3.05) is 11.9 Å². The van der Waals surface area contributed by atoms with E-state index in [1.54, 1.807) is 16.6 Å². The van der Waals surface area contributed by atoms with E-state index in [-0.39, 0.29) is 17.6 Å². The first kappa shape index (κ1) is 19.9. The van der Waals surface area contributed by atoms with E-state index in [9.17, 15) is 4.79 Å². The third kappa shape index (κ3) is 4.44. The summed E-state index contributed by atoms with van der Waals surface area (Å²) in [5.41, 5.74) is 2.68. The van der Waals surface area contributed by atoms with Crippen LogP contribution in [0.4, 0.5) is 5.69 Å². The summed E-state index contributed by atoms with van der Waals surface area (Å²) in [4.78, 5) is 12.8. The lowest BCUT2D eigenvalue weighted by molar-refractivity contribution is -0.121. The normalized spacial score (nSPS) is 10.7. The fourth-order valence-electron chi connectivity index (χ4n) is 2.70. The number of carbonyl (C=O) groups is 1. The number of para-hydroxylation sites is 1. The van der Waals surface area contributed by atoms with Crippen molar-refractivity contribution >= 4 is 45.2 Å². The fourth-order valence-corrected chi connectivity index (χ4v) is 3.81. The monoisotopic (exact) mass is 438 g/mol. The number of benzene rings is 2. The van der Waals surface area contributed by atoms with E-state index in [4.69, 9.17) is 17.0 Å². The summed E-state index contributed by atoms with van der Waals surface area (Å²) in [5, 5.41) is 19.4. The van der Waals surface area contributed by atoms with E-state index in [1.165, 1.54) is 11.3 Å². The molecule has 2 aromatic heterocycles. The molecule has 2 heterocycles. The van der Waals surface area contributed by atoms with Gasteiger partial charge in [-0.25, -0.2) is 0 Å². The minimum absolute atomic E-state index is 0.128. The number of fused-ring (bicyclic) bond motifs is 1. The highest BCUT2D eigenvalue weighted by atomic mass is 32.1. The highest BCUT2D eigenvalue weighted by Gasteiger charge is 2.13. The average molecular weight is 439 g/mol. The van der Waals surface area contributed by atoms with Crippen LogP contribution in [-0.4, -0.2) is 37.4 Å². The third-order valence-electron chi connectivity index (χ3n) is 4.25. The van der Waals surface area contributed by atoms with Gasteiger partial charge in [-0.2, -0.15) is 9.61 Å². The maximum Gasteiger partial charge on any atom is 0.264 e. The van der Waals surface area contributed by atoms with Crippen molar-refractivity contribution in [3.63, 3.8) is 0 Å². The average Bonchev–Trinajstić information content (AvgIpc) is 3.31. The van der Waals surface area contributed by atoms with E-state index in [1.807, 2.05) is 50.2 Å². The van der Waals surface area contributed by atoms with Gasteiger partial charge in [-0.1, -0.05) is 41.7 Å². The van der Waals surface area contributed by atoms with E-state index in [2.05, 4.69) is 25.9 Å². The Hall–Kier alpha value is -3.37. The summed E-state index contributed by atoms with van der Waals surface area (Å²) in [6.45, 7) is 3.68. The topological polar surface area (TPSA) is 93.4 Å². The first-order valence-electron chi connectivity index (χ1n) is 9.08. The van der Waals surface area contributed by atoms with Crippen molar-refractivity contribution in [3.05, 3.63) is 59.9 Å². The first-order valence-corrected chi connectivity index (χ1v) is 10.3. The van der Waals surface area contributed by atoms with Crippen molar-refractivity contribution in [3.8, 4) is 16.3 Å². The van der Waals surface area contributed by atoms with Gasteiger partial charge in [0.25, 0.3) is 5.91 Å². The van der Waals surface area contributed by atoms with Crippen LogP contribution in [0.5, 0.6) is 5.75 Å². The summed E-state index contributed by atoms with van der Waals surface area (Å²) in [6, 6.07) is 15.0. The molecule has 30 heavy (non-hydrogen) atoms. The number of anilines is 1. The lowest BCUT2D eigenvalue weighted by Crippen LogP contribution is -2.37. The van der Waals surface area contributed by atoms with Crippen molar-refractivity contribution < 1.29 is 9.53 Å². The summed E-state index contributed by atoms with van der Waals surface area (Å²) >= 11 is 6.74. The molecule has 4 aromatic rings. The first-order chi connectivity index (χ1) is 14.5. The van der Waals surface area contributed by atoms with Gasteiger partial charge in [-0.15, -0.1) is 10.2 Å². The molecular formula is C20H18N6O2S2. The molecule has 1 amide bonds. The Morgan fingerprint density at radius 1 is 1.17 bits per heavy atom. The molecule has 8 nitrogen and oxygen atoms in total. The lowest BCUT2D eigenvalue weighted by atomic mass is 10.1. The van der Waals surface area contributed by atoms with Crippen molar-refractivity contribution in [1.82, 2.24) is 25.1 Å². The second-order valence-corrected chi connectivity index (χ2v) is 7.85. The van der Waals surface area contributed by atoms with Crippen LogP contribution in [-0.2, 0) is 4.79 Å². The number of aromatic nitrogens is 4. The van der Waals surface area contributed by atoms with E-state index in [0.717, 1.165) is 32.6 Å². The number of hydrogen-bond donors (Lipinski definition) is 2. The number of aryl methyl sites for hydroxylation is 2. The Bertz CT molecular complexity index is 1220. The van der Waals surface area contributed by atoms with Crippen molar-refractivity contribution in [1.29, 1.82) is 0 Å². The number of hydrogen-bond acceptors (Lipinski definition) is 7. The molecule has 4 rings (SSSR count). The second-order valence-electron chi connectivity index (χ2n) is 6.48. The number of rotatable bonds is 5. The molecule has 0 radical (unpaired) electrons. The number of nitrogens with zero attached hydrogens (tertiary/aromatic N) is 4. The van der Waals surface area contributed by atoms with Crippen LogP contribution in [0, 0.1) is 13.8 Å². The van der Waals surface area contributed by atoms with E-state index >= 15 is 0 Å². The maximum atomic E-state index is 12.1. The number of ether oxygens (including phenoxy) is 1. The van der Waals surface area contributed by atoms with Crippen LogP contribution in [0.15, 0.2) is 48.5 Å². The molecular weight excluding hydrogens is 420 g/mol. The molecule has 2 aromatic carbocycles. The van der Waals surface area contributed by atoms with Crippen LogP contribution < -0.4 is 15.4 Å². The molecule has 0 aliphatic carbocycles. The molecule has 0 unspecified atom stereocenters. The van der Waals surface area contributed by atoms with Gasteiger partial charge >= 0.3 is 0 Å². The molecule has 0 bridgehead atoms. The summed E-state index contributed by atoms with van der Waals surface area (Å²) in [7, 11) is 0. The molecule has 0 aliphatic heterocycles. The van der Waals surface area contributed by atoms with Gasteiger partial charge < -0.3 is 10.1 Å². The number of nitrogens with one attached hydrogen (secondary N) is 2. The molecule has 10 heteroatoms. The van der Waals surface area contributed by atoms with Gasteiger partial charge in [0.15, 0.2) is 17.5 Å². The second kappa shape index (κ2) is 8.56. The Morgan fingerprint density at radius 3 is 2.73 bits per heavy atom. The fraction of sp³-hybridized carbons (Fsp3) is 0.150. The molecule has 0 saturated carbocycles. The zero-order chi connectivity index (χ0) is 21.1. The highest BCUT2D eigenvalue weighted by molar-refractivity contribution is 7.80. The maximum absolute atomic E-state index is 12.1. The molecule has 0 saturated heterocycles. The van der Waals surface area contributed by atoms with Crippen LogP contribution in [0.25, 0.3) is 15.5 Å². The third-order valence-corrected chi connectivity index (χ3v) is 5.40. The predicted molar refractivity (Wildman–Crippen MR) is 120 cm³/mol. The minimum Gasteiger partial charge on any atom is -0.484 e. The van der Waals surface area contributed by atoms with Gasteiger partial charge in [0, 0.05) is 11.3 Å². The van der Waals surface area contributed by atoms with E-state index < -0.39 is 0 Å². The van der Waals surface area contributed by atoms with Crippen LogP contribution >= 0.6 is 23.6 Å². The predicted octanol–water partition coefficient (Wildman–Crippen LogP) is 3.36. The van der Waals surface area contributed by atoms with E-state index in [0.29, 0.717) is 5.75 Å². The molecule has 0 aliphatic rings. The zero-order valence-corrected chi connectivity index (χ0v) is 17.9. The van der Waals surface area contributed by atoms with Gasteiger partial charge in [-0.3, -0.25) is 10.1 Å². The quantitative estimate of drug-likeness (QED) is 0.462. The van der Waals surface area contributed by atoms with Crippen LogP contribution in [0.3, 0.4) is 0 Å². The smallest absolute Gasteiger partial charge is 0.264 e. The Balaban J connectivity index is 1.41. The molecule has 0 spiro atoms. The highest BCUT2D eigenvalue weighted by Crippen LogP contribution is 2.29. The number of carbonyl (C=O) groups excluding carboxylic acids is 1. The zero-order valence-electron chi connectivity index (χ0n) is 16.2. The lowest BCUT2D eigenvalue weighted by Gasteiger charge is -2.13. The van der Waals surface area contributed by atoms with Crippen LogP contribution in [0.2, 0.25) is 0 Å². The van der Waals surface area contributed by atoms with Gasteiger partial charge in [0.2, 0.25) is 4.96 Å². The molecule has 0 fully saturated rings. The minimum atomic E-state index is -0.339. The molecule has 0 atom stereocenters. The van der Waals surface area contributed by atoms with Gasteiger partial charge in [0.05, 0.1) is 0 Å². The van der Waals surface area contributed by atoms with Gasteiger partial charge in [0.1, 0.15) is 10.8 Å².